The zero-order chi connectivity index (χ0) is 14.8. The molecule has 4 unspecified atom stereocenters. The van der Waals surface area contributed by atoms with Crippen LogP contribution in [0.25, 0.3) is 0 Å². The van der Waals surface area contributed by atoms with Crippen molar-refractivity contribution in [2.45, 2.75) is 77.4 Å². The predicted molar refractivity (Wildman–Crippen MR) is 85.5 cm³/mol. The van der Waals surface area contributed by atoms with E-state index >= 15 is 0 Å². The first-order valence-electron chi connectivity index (χ1n) is 9.16. The number of aliphatic hydroxyl groups is 1. The maximum atomic E-state index is 10.7. The molecule has 0 aromatic carbocycles. The molecule has 2 saturated carbocycles. The summed E-state index contributed by atoms with van der Waals surface area (Å²) in [5.74, 6) is 3.01. The fraction of sp³-hybridized carbons (Fsp3) is 0.895. The van der Waals surface area contributed by atoms with E-state index in [1.165, 1.54) is 38.5 Å². The lowest BCUT2D eigenvalue weighted by Gasteiger charge is -2.55. The SMILES string of the molecule is C[C@@H]1CC2=C(CCCC2)C2CCC3(C)C(CC[C@]3(N)O)C21. The van der Waals surface area contributed by atoms with E-state index in [1.54, 1.807) is 0 Å². The van der Waals surface area contributed by atoms with Crippen molar-refractivity contribution in [3.8, 4) is 0 Å². The molecule has 0 radical (unpaired) electrons. The average molecular weight is 289 g/mol. The zero-order valence-corrected chi connectivity index (χ0v) is 13.7. The number of hydrogen-bond acceptors (Lipinski definition) is 2. The van der Waals surface area contributed by atoms with E-state index in [2.05, 4.69) is 13.8 Å². The molecule has 0 bridgehead atoms. The number of rotatable bonds is 0. The van der Waals surface area contributed by atoms with Gasteiger partial charge in [0.2, 0.25) is 0 Å². The van der Waals surface area contributed by atoms with Gasteiger partial charge < -0.3 is 10.8 Å². The second-order valence-corrected chi connectivity index (χ2v) is 8.73. The van der Waals surface area contributed by atoms with E-state index in [0.717, 1.165) is 37.0 Å². The van der Waals surface area contributed by atoms with Crippen LogP contribution in [0.15, 0.2) is 11.1 Å². The van der Waals surface area contributed by atoms with Crippen LogP contribution in [0.3, 0.4) is 0 Å². The van der Waals surface area contributed by atoms with Crippen molar-refractivity contribution in [3.05, 3.63) is 11.1 Å². The summed E-state index contributed by atoms with van der Waals surface area (Å²) in [4.78, 5) is 0. The molecule has 21 heavy (non-hydrogen) atoms. The second kappa shape index (κ2) is 4.58. The molecule has 0 heterocycles. The number of hydrogen-bond donors (Lipinski definition) is 2. The Kier molecular flexibility index (Phi) is 3.11. The van der Waals surface area contributed by atoms with Crippen molar-refractivity contribution in [2.24, 2.45) is 34.8 Å². The lowest BCUT2D eigenvalue weighted by atomic mass is 9.51. The van der Waals surface area contributed by atoms with Gasteiger partial charge in [-0.2, -0.15) is 0 Å². The van der Waals surface area contributed by atoms with E-state index in [-0.39, 0.29) is 5.41 Å². The molecular formula is C19H31NO. The van der Waals surface area contributed by atoms with Crippen molar-refractivity contribution in [1.29, 1.82) is 0 Å². The summed E-state index contributed by atoms with van der Waals surface area (Å²) in [6.45, 7) is 4.74. The maximum Gasteiger partial charge on any atom is 0.119 e. The van der Waals surface area contributed by atoms with Gasteiger partial charge in [-0.05, 0) is 81.5 Å². The fourth-order valence-corrected chi connectivity index (χ4v) is 6.64. The van der Waals surface area contributed by atoms with Crippen LogP contribution in [-0.4, -0.2) is 10.8 Å². The number of allylic oxidation sites excluding steroid dienone is 2. The van der Waals surface area contributed by atoms with Crippen LogP contribution in [-0.2, 0) is 0 Å². The van der Waals surface area contributed by atoms with Gasteiger partial charge in [-0.15, -0.1) is 0 Å². The molecule has 0 amide bonds. The lowest BCUT2D eigenvalue weighted by molar-refractivity contribution is -0.110. The molecule has 0 spiro atoms. The highest BCUT2D eigenvalue weighted by atomic mass is 16.3. The highest BCUT2D eigenvalue weighted by molar-refractivity contribution is 5.27. The van der Waals surface area contributed by atoms with E-state index in [4.69, 9.17) is 5.73 Å². The van der Waals surface area contributed by atoms with Crippen LogP contribution < -0.4 is 5.73 Å². The first kappa shape index (κ1) is 14.3. The Morgan fingerprint density at radius 3 is 2.71 bits per heavy atom. The third kappa shape index (κ3) is 1.84. The van der Waals surface area contributed by atoms with Crippen LogP contribution in [0.4, 0.5) is 0 Å². The summed E-state index contributed by atoms with van der Waals surface area (Å²) >= 11 is 0. The minimum absolute atomic E-state index is 0.0465. The zero-order valence-electron chi connectivity index (χ0n) is 13.7. The monoisotopic (exact) mass is 289 g/mol. The molecule has 4 aliphatic carbocycles. The van der Waals surface area contributed by atoms with Gasteiger partial charge >= 0.3 is 0 Å². The molecule has 0 saturated heterocycles. The van der Waals surface area contributed by atoms with Crippen molar-refractivity contribution < 1.29 is 5.11 Å². The van der Waals surface area contributed by atoms with Crippen molar-refractivity contribution in [2.75, 3.05) is 0 Å². The Balaban J connectivity index is 1.72. The molecule has 4 rings (SSSR count). The van der Waals surface area contributed by atoms with Crippen LogP contribution in [0.1, 0.15) is 71.6 Å². The predicted octanol–water partition coefficient (Wildman–Crippen LogP) is 3.99. The Labute approximate surface area is 129 Å². The van der Waals surface area contributed by atoms with Crippen molar-refractivity contribution >= 4 is 0 Å². The molecule has 2 fully saturated rings. The molecule has 4 aliphatic rings. The first-order chi connectivity index (χ1) is 9.94. The summed E-state index contributed by atoms with van der Waals surface area (Å²) in [5, 5.41) is 10.7. The van der Waals surface area contributed by atoms with Crippen LogP contribution in [0, 0.1) is 29.1 Å². The first-order valence-corrected chi connectivity index (χ1v) is 9.16. The van der Waals surface area contributed by atoms with Gasteiger partial charge in [-0.3, -0.25) is 0 Å². The van der Waals surface area contributed by atoms with Gasteiger partial charge in [0.25, 0.3) is 0 Å². The minimum atomic E-state index is -0.927. The Hall–Kier alpha value is -0.340. The minimum Gasteiger partial charge on any atom is -0.376 e. The normalized spacial score (nSPS) is 53.1. The number of nitrogens with two attached hydrogens (primary N) is 1. The highest BCUT2D eigenvalue weighted by Gasteiger charge is 2.61. The summed E-state index contributed by atoms with van der Waals surface area (Å²) in [5.41, 5.74) is 9.00. The molecule has 3 N–H and O–H groups in total. The average Bonchev–Trinajstić information content (AvgIpc) is 2.69. The third-order valence-corrected chi connectivity index (χ3v) is 7.85. The molecule has 118 valence electrons. The molecule has 2 heteroatoms. The van der Waals surface area contributed by atoms with Crippen molar-refractivity contribution in [1.82, 2.24) is 0 Å². The van der Waals surface area contributed by atoms with Gasteiger partial charge in [-0.25, -0.2) is 0 Å². The second-order valence-electron chi connectivity index (χ2n) is 8.73. The van der Waals surface area contributed by atoms with E-state index < -0.39 is 5.72 Å². The number of fused-ring (bicyclic) bond motifs is 4. The van der Waals surface area contributed by atoms with E-state index in [0.29, 0.717) is 5.92 Å². The Morgan fingerprint density at radius 2 is 1.90 bits per heavy atom. The quantitative estimate of drug-likeness (QED) is 0.523. The third-order valence-electron chi connectivity index (χ3n) is 7.85. The standard InChI is InChI=1S/C19H31NO/c1-12-11-13-5-3-4-6-14(13)15-7-9-18(2)16(17(12)15)8-10-19(18,20)21/h12,15-17,21H,3-11,20H2,1-2H3/t12-,15?,16?,17?,18?,19+/m1/s1. The highest BCUT2D eigenvalue weighted by Crippen LogP contribution is 2.64. The van der Waals surface area contributed by atoms with Crippen LogP contribution in [0.2, 0.25) is 0 Å². The molecule has 2 nitrogen and oxygen atoms in total. The smallest absolute Gasteiger partial charge is 0.119 e. The van der Waals surface area contributed by atoms with Crippen molar-refractivity contribution in [3.63, 3.8) is 0 Å². The Morgan fingerprint density at radius 1 is 1.14 bits per heavy atom. The molecular weight excluding hydrogens is 258 g/mol. The van der Waals surface area contributed by atoms with Gasteiger partial charge in [0.15, 0.2) is 0 Å². The van der Waals surface area contributed by atoms with E-state index in [9.17, 15) is 5.11 Å². The largest absolute Gasteiger partial charge is 0.376 e. The lowest BCUT2D eigenvalue weighted by Crippen LogP contribution is -2.57. The summed E-state index contributed by atoms with van der Waals surface area (Å²) in [6, 6.07) is 0. The fourth-order valence-electron chi connectivity index (χ4n) is 6.64. The van der Waals surface area contributed by atoms with Gasteiger partial charge in [0.1, 0.15) is 5.72 Å². The van der Waals surface area contributed by atoms with Gasteiger partial charge in [0.05, 0.1) is 0 Å². The topological polar surface area (TPSA) is 46.2 Å². The molecule has 0 aliphatic heterocycles. The van der Waals surface area contributed by atoms with Gasteiger partial charge in [-0.1, -0.05) is 25.0 Å². The summed E-state index contributed by atoms with van der Waals surface area (Å²) in [6.07, 6.45) is 11.2. The van der Waals surface area contributed by atoms with Crippen LogP contribution >= 0.6 is 0 Å². The summed E-state index contributed by atoms with van der Waals surface area (Å²) < 4.78 is 0. The summed E-state index contributed by atoms with van der Waals surface area (Å²) in [7, 11) is 0. The maximum absolute atomic E-state index is 10.7. The Bertz CT molecular complexity index is 480. The van der Waals surface area contributed by atoms with E-state index in [1.807, 2.05) is 11.1 Å². The van der Waals surface area contributed by atoms with Gasteiger partial charge in [0, 0.05) is 5.41 Å². The molecule has 0 aromatic heterocycles. The molecule has 0 aromatic rings. The molecule has 6 atom stereocenters. The van der Waals surface area contributed by atoms with Crippen LogP contribution in [0.5, 0.6) is 0 Å².